The molecular formula is C14H22N2O3. The summed E-state index contributed by atoms with van der Waals surface area (Å²) in [6.45, 7) is 6.62. The van der Waals surface area contributed by atoms with Gasteiger partial charge in [-0.3, -0.25) is 4.79 Å². The van der Waals surface area contributed by atoms with Crippen LogP contribution in [-0.2, 0) is 0 Å². The van der Waals surface area contributed by atoms with E-state index in [9.17, 15) is 9.90 Å². The number of aliphatic hydroxyl groups excluding tert-OH is 1. The molecule has 0 saturated carbocycles. The number of hydrogen-bond donors (Lipinski definition) is 2. The third-order valence-electron chi connectivity index (χ3n) is 2.79. The van der Waals surface area contributed by atoms with Crippen LogP contribution in [0.25, 0.3) is 0 Å². The molecule has 1 atom stereocenters. The summed E-state index contributed by atoms with van der Waals surface area (Å²) in [6.07, 6.45) is 1.72. The number of nitrogens with zero attached hydrogens (tertiary/aromatic N) is 1. The first-order chi connectivity index (χ1) is 9.06. The fourth-order valence-corrected chi connectivity index (χ4v) is 1.58. The maximum atomic E-state index is 12.0. The van der Waals surface area contributed by atoms with Crippen molar-refractivity contribution in [2.24, 2.45) is 5.92 Å². The second-order valence-electron chi connectivity index (χ2n) is 4.65. The van der Waals surface area contributed by atoms with Crippen molar-refractivity contribution in [2.75, 3.05) is 13.2 Å². The van der Waals surface area contributed by atoms with Gasteiger partial charge in [0.05, 0.1) is 12.7 Å². The highest BCUT2D eigenvalue weighted by Crippen LogP contribution is 2.14. The van der Waals surface area contributed by atoms with Gasteiger partial charge in [0.2, 0.25) is 5.88 Å². The standard InChI is InChI=1S/C14H22N2O3/c1-4-19-14-11(6-5-8-16-14)13(18)15-9-7-12(17)10(2)3/h5-6,8,10,12,17H,4,7,9H2,1-3H3,(H,15,18). The van der Waals surface area contributed by atoms with Crippen molar-refractivity contribution >= 4 is 5.91 Å². The molecule has 0 spiro atoms. The average molecular weight is 266 g/mol. The Balaban J connectivity index is 2.54. The van der Waals surface area contributed by atoms with Crippen LogP contribution in [0, 0.1) is 5.92 Å². The van der Waals surface area contributed by atoms with E-state index in [0.29, 0.717) is 31.0 Å². The summed E-state index contributed by atoms with van der Waals surface area (Å²) in [5.41, 5.74) is 0.420. The first-order valence-electron chi connectivity index (χ1n) is 6.60. The molecule has 0 aliphatic rings. The molecule has 19 heavy (non-hydrogen) atoms. The Hall–Kier alpha value is -1.62. The van der Waals surface area contributed by atoms with Crippen LogP contribution in [0.5, 0.6) is 5.88 Å². The predicted octanol–water partition coefficient (Wildman–Crippen LogP) is 1.62. The van der Waals surface area contributed by atoms with Gasteiger partial charge in [-0.1, -0.05) is 13.8 Å². The number of amides is 1. The minimum Gasteiger partial charge on any atom is -0.477 e. The van der Waals surface area contributed by atoms with Gasteiger partial charge in [-0.15, -0.1) is 0 Å². The maximum Gasteiger partial charge on any atom is 0.256 e. The van der Waals surface area contributed by atoms with Crippen molar-refractivity contribution in [1.29, 1.82) is 0 Å². The number of aromatic nitrogens is 1. The molecule has 5 heteroatoms. The minimum absolute atomic E-state index is 0.189. The Labute approximate surface area is 114 Å². The van der Waals surface area contributed by atoms with E-state index in [1.165, 1.54) is 0 Å². The normalized spacial score (nSPS) is 12.3. The lowest BCUT2D eigenvalue weighted by molar-refractivity contribution is 0.0916. The molecular weight excluding hydrogens is 244 g/mol. The van der Waals surface area contributed by atoms with Crippen molar-refractivity contribution in [3.05, 3.63) is 23.9 Å². The molecule has 0 aromatic carbocycles. The lowest BCUT2D eigenvalue weighted by atomic mass is 10.0. The smallest absolute Gasteiger partial charge is 0.256 e. The molecule has 1 aromatic rings. The molecule has 0 fully saturated rings. The van der Waals surface area contributed by atoms with Crippen LogP contribution in [0.2, 0.25) is 0 Å². The molecule has 0 bridgehead atoms. The van der Waals surface area contributed by atoms with Crippen molar-refractivity contribution in [3.63, 3.8) is 0 Å². The van der Waals surface area contributed by atoms with Crippen LogP contribution < -0.4 is 10.1 Å². The quantitative estimate of drug-likeness (QED) is 0.786. The number of rotatable bonds is 7. The Morgan fingerprint density at radius 1 is 1.53 bits per heavy atom. The summed E-state index contributed by atoms with van der Waals surface area (Å²) in [4.78, 5) is 16.0. The lowest BCUT2D eigenvalue weighted by Crippen LogP contribution is -2.29. The fraction of sp³-hybridized carbons (Fsp3) is 0.571. The van der Waals surface area contributed by atoms with E-state index in [2.05, 4.69) is 10.3 Å². The van der Waals surface area contributed by atoms with Crippen molar-refractivity contribution in [3.8, 4) is 5.88 Å². The largest absolute Gasteiger partial charge is 0.477 e. The second kappa shape index (κ2) is 7.74. The highest BCUT2D eigenvalue weighted by Gasteiger charge is 2.14. The molecule has 0 aliphatic heterocycles. The Morgan fingerprint density at radius 2 is 2.26 bits per heavy atom. The number of carbonyl (C=O) groups excluding carboxylic acids is 1. The van der Waals surface area contributed by atoms with Gasteiger partial charge in [0, 0.05) is 12.7 Å². The van der Waals surface area contributed by atoms with Gasteiger partial charge in [0.25, 0.3) is 5.91 Å². The second-order valence-corrected chi connectivity index (χ2v) is 4.65. The molecule has 0 saturated heterocycles. The summed E-state index contributed by atoms with van der Waals surface area (Å²) in [6, 6.07) is 3.37. The predicted molar refractivity (Wildman–Crippen MR) is 73.2 cm³/mol. The maximum absolute atomic E-state index is 12.0. The van der Waals surface area contributed by atoms with Gasteiger partial charge in [-0.05, 0) is 31.4 Å². The van der Waals surface area contributed by atoms with Crippen molar-refractivity contribution in [2.45, 2.75) is 33.3 Å². The molecule has 0 aliphatic carbocycles. The molecule has 2 N–H and O–H groups in total. The van der Waals surface area contributed by atoms with Crippen LogP contribution in [-0.4, -0.2) is 35.3 Å². The first kappa shape index (κ1) is 15.4. The number of ether oxygens (including phenoxy) is 1. The monoisotopic (exact) mass is 266 g/mol. The lowest BCUT2D eigenvalue weighted by Gasteiger charge is -2.15. The Morgan fingerprint density at radius 3 is 2.89 bits per heavy atom. The zero-order chi connectivity index (χ0) is 14.3. The topological polar surface area (TPSA) is 71.5 Å². The molecule has 1 unspecified atom stereocenters. The first-order valence-corrected chi connectivity index (χ1v) is 6.60. The van der Waals surface area contributed by atoms with Gasteiger partial charge < -0.3 is 15.2 Å². The van der Waals surface area contributed by atoms with E-state index in [-0.39, 0.29) is 11.8 Å². The summed E-state index contributed by atoms with van der Waals surface area (Å²) < 4.78 is 5.30. The molecule has 1 rings (SSSR count). The highest BCUT2D eigenvalue weighted by atomic mass is 16.5. The number of pyridine rings is 1. The van der Waals surface area contributed by atoms with Gasteiger partial charge in [-0.25, -0.2) is 4.98 Å². The molecule has 106 valence electrons. The number of hydrogen-bond acceptors (Lipinski definition) is 4. The van der Waals surface area contributed by atoms with Gasteiger partial charge in [0.15, 0.2) is 0 Å². The van der Waals surface area contributed by atoms with Crippen molar-refractivity contribution in [1.82, 2.24) is 10.3 Å². The van der Waals surface area contributed by atoms with Gasteiger partial charge in [0.1, 0.15) is 5.56 Å². The van der Waals surface area contributed by atoms with Crippen LogP contribution in [0.15, 0.2) is 18.3 Å². The third-order valence-corrected chi connectivity index (χ3v) is 2.79. The summed E-state index contributed by atoms with van der Waals surface area (Å²) in [5, 5.41) is 12.4. The fourth-order valence-electron chi connectivity index (χ4n) is 1.58. The van der Waals surface area contributed by atoms with Crippen LogP contribution in [0.1, 0.15) is 37.6 Å². The molecule has 5 nitrogen and oxygen atoms in total. The highest BCUT2D eigenvalue weighted by molar-refractivity contribution is 5.96. The molecule has 1 amide bonds. The minimum atomic E-state index is -0.402. The van der Waals surface area contributed by atoms with E-state index in [4.69, 9.17) is 4.74 Å². The molecule has 1 heterocycles. The zero-order valence-electron chi connectivity index (χ0n) is 11.7. The zero-order valence-corrected chi connectivity index (χ0v) is 11.7. The molecule has 1 aromatic heterocycles. The van der Waals surface area contributed by atoms with E-state index in [0.717, 1.165) is 0 Å². The van der Waals surface area contributed by atoms with E-state index in [1.807, 2.05) is 20.8 Å². The summed E-state index contributed by atoms with van der Waals surface area (Å²) >= 11 is 0. The van der Waals surface area contributed by atoms with E-state index in [1.54, 1.807) is 18.3 Å². The van der Waals surface area contributed by atoms with Crippen LogP contribution in [0.4, 0.5) is 0 Å². The Kier molecular flexibility index (Phi) is 6.29. The number of aliphatic hydroxyl groups is 1. The van der Waals surface area contributed by atoms with Gasteiger partial charge in [-0.2, -0.15) is 0 Å². The van der Waals surface area contributed by atoms with Crippen LogP contribution in [0.3, 0.4) is 0 Å². The average Bonchev–Trinajstić information content (AvgIpc) is 2.39. The van der Waals surface area contributed by atoms with Gasteiger partial charge >= 0.3 is 0 Å². The van der Waals surface area contributed by atoms with Crippen molar-refractivity contribution < 1.29 is 14.6 Å². The number of nitrogens with one attached hydrogen (secondary N) is 1. The van der Waals surface area contributed by atoms with Crippen LogP contribution >= 0.6 is 0 Å². The summed E-state index contributed by atoms with van der Waals surface area (Å²) in [5.74, 6) is 0.300. The van der Waals surface area contributed by atoms with E-state index >= 15 is 0 Å². The van der Waals surface area contributed by atoms with E-state index < -0.39 is 6.10 Å². The SMILES string of the molecule is CCOc1ncccc1C(=O)NCCC(O)C(C)C. The Bertz CT molecular complexity index is 407. The molecule has 0 radical (unpaired) electrons. The summed E-state index contributed by atoms with van der Waals surface area (Å²) in [7, 11) is 0. The number of carbonyl (C=O) groups is 1. The third kappa shape index (κ3) is 4.87.